The molecule has 1 aliphatic carbocycles. The first kappa shape index (κ1) is 32.5. The number of carbonyl (C=O) groups excluding carboxylic acids is 3. The third-order valence-corrected chi connectivity index (χ3v) is 8.83. The minimum Gasteiger partial charge on any atom is -0.494 e. The van der Waals surface area contributed by atoms with Crippen molar-refractivity contribution in [2.45, 2.75) is 43.8 Å². The Balaban J connectivity index is 1.36. The normalized spacial score (nSPS) is 15.4. The fourth-order valence-electron chi connectivity index (χ4n) is 5.29. The lowest BCUT2D eigenvalue weighted by molar-refractivity contribution is -0.131. The number of hydrogen-bond acceptors (Lipinski definition) is 10. The minimum atomic E-state index is -0.507. The zero-order chi connectivity index (χ0) is 32.1. The van der Waals surface area contributed by atoms with Crippen LogP contribution in [0.1, 0.15) is 47.5 Å². The molecular formula is C29H38B3N7O5S. The van der Waals surface area contributed by atoms with Crippen molar-refractivity contribution in [1.82, 2.24) is 25.4 Å². The molecule has 45 heavy (non-hydrogen) atoms. The van der Waals surface area contributed by atoms with Crippen LogP contribution in [0.25, 0.3) is 10.6 Å². The number of carbonyl (C=O) groups is 3. The molecule has 1 saturated carbocycles. The van der Waals surface area contributed by atoms with Crippen LogP contribution in [-0.4, -0.2) is 98.5 Å². The van der Waals surface area contributed by atoms with Crippen LogP contribution >= 0.6 is 11.3 Å². The van der Waals surface area contributed by atoms with Crippen LogP contribution in [0.3, 0.4) is 0 Å². The van der Waals surface area contributed by atoms with Gasteiger partial charge in [0.15, 0.2) is 17.3 Å². The van der Waals surface area contributed by atoms with Crippen LogP contribution in [-0.2, 0) is 16.0 Å². The summed E-state index contributed by atoms with van der Waals surface area (Å²) in [4.78, 5) is 46.0. The molecule has 1 aliphatic heterocycles. The molecule has 2 aromatic heterocycles. The van der Waals surface area contributed by atoms with E-state index in [2.05, 4.69) is 31.1 Å². The molecule has 0 unspecified atom stereocenters. The van der Waals surface area contributed by atoms with Gasteiger partial charge in [0.1, 0.15) is 28.5 Å². The van der Waals surface area contributed by atoms with Crippen LogP contribution in [0.2, 0.25) is 0 Å². The highest BCUT2D eigenvalue weighted by Crippen LogP contribution is 2.40. The van der Waals surface area contributed by atoms with E-state index in [1.807, 2.05) is 46.6 Å². The number of thiazole rings is 1. The summed E-state index contributed by atoms with van der Waals surface area (Å²) in [7, 11) is 7.18. The summed E-state index contributed by atoms with van der Waals surface area (Å²) in [5, 5.41) is 26.7. The third kappa shape index (κ3) is 8.43. The van der Waals surface area contributed by atoms with E-state index >= 15 is 0 Å². The Bertz CT molecular complexity index is 1560. The molecule has 0 spiro atoms. The Morgan fingerprint density at radius 2 is 1.87 bits per heavy atom. The van der Waals surface area contributed by atoms with Gasteiger partial charge in [0.25, 0.3) is 5.91 Å². The molecule has 3 heterocycles. The van der Waals surface area contributed by atoms with Crippen molar-refractivity contribution in [3.8, 4) is 16.3 Å². The maximum absolute atomic E-state index is 13.2. The van der Waals surface area contributed by atoms with E-state index < -0.39 is 11.1 Å². The average molecular weight is 629 g/mol. The van der Waals surface area contributed by atoms with Crippen molar-refractivity contribution in [1.29, 1.82) is 0 Å². The second-order valence-electron chi connectivity index (χ2n) is 12.6. The Morgan fingerprint density at radius 3 is 2.53 bits per heavy atom. The number of piperidine rings is 1. The van der Waals surface area contributed by atoms with E-state index in [1.54, 1.807) is 19.4 Å². The lowest BCUT2D eigenvalue weighted by atomic mass is 9.49. The van der Waals surface area contributed by atoms with Crippen LogP contribution < -0.4 is 20.7 Å². The van der Waals surface area contributed by atoms with Gasteiger partial charge < -0.3 is 30.7 Å². The number of anilines is 3. The average Bonchev–Trinajstić information content (AvgIpc) is 3.75. The van der Waals surface area contributed by atoms with Crippen molar-refractivity contribution in [2.75, 3.05) is 37.4 Å². The molecule has 0 atom stereocenters. The van der Waals surface area contributed by atoms with Gasteiger partial charge in [0, 0.05) is 42.8 Å². The van der Waals surface area contributed by atoms with Gasteiger partial charge in [-0.2, -0.15) is 0 Å². The Morgan fingerprint density at radius 1 is 1.11 bits per heavy atom. The van der Waals surface area contributed by atoms with Crippen molar-refractivity contribution >= 4 is 69.8 Å². The zero-order valence-electron chi connectivity index (χ0n) is 26.2. The fourth-order valence-corrected chi connectivity index (χ4v) is 6.21. The molecule has 5 rings (SSSR count). The quantitative estimate of drug-likeness (QED) is 0.204. The summed E-state index contributed by atoms with van der Waals surface area (Å²) in [5.41, 5.74) is 1.70. The first-order valence-electron chi connectivity index (χ1n) is 15.3. The molecule has 0 bridgehead atoms. The summed E-state index contributed by atoms with van der Waals surface area (Å²) in [6.45, 7) is 1.61. The lowest BCUT2D eigenvalue weighted by Crippen LogP contribution is -2.50. The maximum Gasteiger partial charge on any atom is 0.272 e. The van der Waals surface area contributed by atoms with Gasteiger partial charge in [-0.3, -0.25) is 14.4 Å². The van der Waals surface area contributed by atoms with Gasteiger partial charge in [-0.15, -0.1) is 21.5 Å². The third-order valence-electron chi connectivity index (χ3n) is 7.80. The molecule has 3 aromatic rings. The minimum absolute atomic E-state index is 0.0218. The van der Waals surface area contributed by atoms with Gasteiger partial charge in [-0.05, 0) is 55.4 Å². The number of rotatable bonds is 12. The molecule has 3 amide bonds. The maximum atomic E-state index is 13.2. The van der Waals surface area contributed by atoms with Crippen molar-refractivity contribution in [3.05, 3.63) is 41.0 Å². The number of aliphatic hydroxyl groups excluding tert-OH is 1. The Hall–Kier alpha value is -3.91. The van der Waals surface area contributed by atoms with Gasteiger partial charge in [0.05, 0.1) is 30.5 Å². The van der Waals surface area contributed by atoms with Gasteiger partial charge in [0.2, 0.25) is 11.8 Å². The molecule has 1 aromatic carbocycles. The molecule has 2 fully saturated rings. The highest BCUT2D eigenvalue weighted by molar-refractivity contribution is 7.15. The second-order valence-corrected chi connectivity index (χ2v) is 13.7. The van der Waals surface area contributed by atoms with Crippen LogP contribution in [0.15, 0.2) is 30.5 Å². The topological polar surface area (TPSA) is 159 Å². The summed E-state index contributed by atoms with van der Waals surface area (Å²) >= 11 is 1.43. The number of para-hydroxylation sites is 1. The highest BCUT2D eigenvalue weighted by atomic mass is 32.1. The van der Waals surface area contributed by atoms with E-state index in [0.717, 1.165) is 42.5 Å². The monoisotopic (exact) mass is 629 g/mol. The van der Waals surface area contributed by atoms with Crippen molar-refractivity contribution < 1.29 is 24.2 Å². The number of nitrogens with zero attached hydrogens (tertiary/aromatic N) is 4. The number of amides is 3. The summed E-state index contributed by atoms with van der Waals surface area (Å²) in [6, 6.07) is 7.15. The van der Waals surface area contributed by atoms with Gasteiger partial charge >= 0.3 is 0 Å². The molecular weight excluding hydrogens is 591 g/mol. The van der Waals surface area contributed by atoms with Crippen LogP contribution in [0.5, 0.6) is 5.75 Å². The number of methoxy groups -OCH3 is 1. The fraction of sp³-hybridized carbons (Fsp3) is 0.448. The van der Waals surface area contributed by atoms with E-state index in [0.29, 0.717) is 41.1 Å². The number of aromatic nitrogens is 3. The van der Waals surface area contributed by atoms with E-state index in [9.17, 15) is 19.5 Å². The van der Waals surface area contributed by atoms with E-state index in [1.165, 1.54) is 11.3 Å². The molecule has 0 radical (unpaired) electrons. The number of benzene rings is 1. The summed E-state index contributed by atoms with van der Waals surface area (Å²) in [6.07, 6.45) is 6.31. The number of hydrogen-bond donors (Lipinski definition) is 4. The highest BCUT2D eigenvalue weighted by Gasteiger charge is 2.30. The number of aliphatic hydroxyl groups is 1. The van der Waals surface area contributed by atoms with Gasteiger partial charge in [-0.1, -0.05) is 6.07 Å². The van der Waals surface area contributed by atoms with Gasteiger partial charge in [-0.25, -0.2) is 4.98 Å². The first-order valence-corrected chi connectivity index (χ1v) is 16.1. The lowest BCUT2D eigenvalue weighted by Gasteiger charge is -2.31. The zero-order valence-corrected chi connectivity index (χ0v) is 27.0. The Labute approximate surface area is 269 Å². The number of nitrogens with one attached hydrogen (secondary N) is 3. The SMILES string of the molecule is BC(B)(B)NC(=O)c1nnc(NC(=O)C2CC2)cc1Nc1cccc(-c2ncc(CC(=O)N3CCC(CCO)CC3)s2)c1OC. The predicted molar refractivity (Wildman–Crippen MR) is 181 cm³/mol. The molecule has 4 N–H and O–H groups in total. The van der Waals surface area contributed by atoms with Crippen molar-refractivity contribution in [3.63, 3.8) is 0 Å². The molecule has 2 aliphatic rings. The molecule has 12 nitrogen and oxygen atoms in total. The summed E-state index contributed by atoms with van der Waals surface area (Å²) < 4.78 is 5.84. The Kier molecular flexibility index (Phi) is 10.1. The largest absolute Gasteiger partial charge is 0.494 e. The number of likely N-dealkylation sites (tertiary alicyclic amines) is 1. The first-order chi connectivity index (χ1) is 21.5. The van der Waals surface area contributed by atoms with Crippen LogP contribution in [0.4, 0.5) is 17.2 Å². The van der Waals surface area contributed by atoms with E-state index in [4.69, 9.17) is 4.74 Å². The smallest absolute Gasteiger partial charge is 0.272 e. The summed E-state index contributed by atoms with van der Waals surface area (Å²) in [5.74, 6) is 0.729. The number of ether oxygens (including phenoxy) is 1. The molecule has 16 heteroatoms. The van der Waals surface area contributed by atoms with Crippen LogP contribution in [0, 0.1) is 11.8 Å². The molecule has 1 saturated heterocycles. The van der Waals surface area contributed by atoms with E-state index in [-0.39, 0.29) is 42.3 Å². The standard InChI is InChI=1S/C29H38B3N7O5S/c1-44-25-19(28-33-15-18(45-28)13-23(41)39-10-7-16(8-11-39)9-12-40)3-2-4-20(25)34-21-14-22(35-26(42)17-5-6-17)37-38-24(21)27(43)36-29(30,31)32/h2-4,14-17,40H,5-13,30-32H2,1H3,(H,36,43)(H2,34,35,37,42). The van der Waals surface area contributed by atoms with Crippen molar-refractivity contribution in [2.24, 2.45) is 11.8 Å². The predicted octanol–water partition coefficient (Wildman–Crippen LogP) is 0.105. The second kappa shape index (κ2) is 14.0. The molecule has 234 valence electrons.